The van der Waals surface area contributed by atoms with Crippen molar-refractivity contribution in [3.8, 4) is 0 Å². The van der Waals surface area contributed by atoms with Crippen molar-refractivity contribution in [2.45, 2.75) is 52.4 Å². The molecule has 0 aromatic rings. The van der Waals surface area contributed by atoms with Gasteiger partial charge in [0, 0.05) is 16.6 Å². The molecule has 0 spiro atoms. The summed E-state index contributed by atoms with van der Waals surface area (Å²) in [5.41, 5.74) is 2.47. The number of carbonyl (C=O) groups excluding carboxylic acids is 1. The lowest BCUT2D eigenvalue weighted by Crippen LogP contribution is -2.53. The molecular formula is C19H24O4. The summed E-state index contributed by atoms with van der Waals surface area (Å²) < 4.78 is 5.30. The highest BCUT2D eigenvalue weighted by molar-refractivity contribution is 5.93. The van der Waals surface area contributed by atoms with Gasteiger partial charge in [0.15, 0.2) is 0 Å². The van der Waals surface area contributed by atoms with E-state index in [-0.39, 0.29) is 22.7 Å². The van der Waals surface area contributed by atoms with Crippen LogP contribution in [0, 0.1) is 22.7 Å². The lowest BCUT2D eigenvalue weighted by molar-refractivity contribution is -0.140. The first-order valence-corrected chi connectivity index (χ1v) is 8.71. The lowest BCUT2D eigenvalue weighted by Gasteiger charge is -2.59. The Bertz CT molecular complexity index is 658. The molecule has 1 N–H and O–H groups in total. The smallest absolute Gasteiger partial charge is 0.334 e. The van der Waals surface area contributed by atoms with E-state index in [9.17, 15) is 14.7 Å². The number of ether oxygens (including phenoxy) is 1. The third kappa shape index (κ3) is 1.84. The van der Waals surface area contributed by atoms with Gasteiger partial charge >= 0.3 is 11.9 Å². The van der Waals surface area contributed by atoms with Crippen LogP contribution in [0.2, 0.25) is 0 Å². The molecule has 4 rings (SSSR count). The first-order valence-electron chi connectivity index (χ1n) is 8.71. The molecular weight excluding hydrogens is 292 g/mol. The fraction of sp³-hybridized carbons (Fsp3) is 0.684. The summed E-state index contributed by atoms with van der Waals surface area (Å²) in [5, 5.41) is 9.66. The third-order valence-corrected chi connectivity index (χ3v) is 7.26. The van der Waals surface area contributed by atoms with Gasteiger partial charge in [0.05, 0.1) is 0 Å². The Morgan fingerprint density at radius 3 is 2.83 bits per heavy atom. The van der Waals surface area contributed by atoms with E-state index >= 15 is 0 Å². The molecule has 1 heterocycles. The molecule has 4 atom stereocenters. The van der Waals surface area contributed by atoms with Gasteiger partial charge in [-0.2, -0.15) is 0 Å². The second kappa shape index (κ2) is 4.71. The highest BCUT2D eigenvalue weighted by atomic mass is 16.5. The fourth-order valence-electron chi connectivity index (χ4n) is 6.14. The van der Waals surface area contributed by atoms with Crippen molar-refractivity contribution < 1.29 is 19.4 Å². The molecule has 4 aliphatic rings. The van der Waals surface area contributed by atoms with Crippen molar-refractivity contribution in [2.75, 3.05) is 6.61 Å². The summed E-state index contributed by atoms with van der Waals surface area (Å²) in [4.78, 5) is 24.0. The number of hydrogen-bond acceptors (Lipinski definition) is 3. The molecule has 0 radical (unpaired) electrons. The number of allylic oxidation sites excluding steroid dienone is 1. The number of hydrogen-bond donors (Lipinski definition) is 1. The summed E-state index contributed by atoms with van der Waals surface area (Å²) >= 11 is 0. The highest BCUT2D eigenvalue weighted by Gasteiger charge is 2.59. The van der Waals surface area contributed by atoms with Gasteiger partial charge in [-0.05, 0) is 61.3 Å². The SMILES string of the molecule is C[C@]12CCC3=C(C(=O)OC3)[C@@H]1CC[C@@]1(C)C(C(=O)O)=CCC[C@H]21. The molecule has 0 aromatic heterocycles. The largest absolute Gasteiger partial charge is 0.478 e. The zero-order valence-electron chi connectivity index (χ0n) is 13.9. The predicted molar refractivity (Wildman–Crippen MR) is 84.6 cm³/mol. The fourth-order valence-corrected chi connectivity index (χ4v) is 6.14. The normalized spacial score (nSPS) is 42.3. The molecule has 124 valence electrons. The molecule has 23 heavy (non-hydrogen) atoms. The minimum absolute atomic E-state index is 0.00412. The monoisotopic (exact) mass is 316 g/mol. The number of aliphatic carboxylic acids is 1. The molecule has 1 fully saturated rings. The van der Waals surface area contributed by atoms with E-state index in [4.69, 9.17) is 4.74 Å². The maximum Gasteiger partial charge on any atom is 0.334 e. The van der Waals surface area contributed by atoms with Crippen molar-refractivity contribution in [3.63, 3.8) is 0 Å². The van der Waals surface area contributed by atoms with E-state index < -0.39 is 5.97 Å². The van der Waals surface area contributed by atoms with E-state index in [1.165, 1.54) is 5.57 Å². The van der Waals surface area contributed by atoms with Crippen LogP contribution in [0.1, 0.15) is 52.4 Å². The van der Waals surface area contributed by atoms with Crippen LogP contribution in [-0.4, -0.2) is 23.7 Å². The summed E-state index contributed by atoms with van der Waals surface area (Å²) in [6.45, 7) is 4.90. The molecule has 0 amide bonds. The number of fused-ring (bicyclic) bond motifs is 4. The van der Waals surface area contributed by atoms with Gasteiger partial charge in [-0.1, -0.05) is 19.9 Å². The number of rotatable bonds is 1. The minimum Gasteiger partial charge on any atom is -0.478 e. The van der Waals surface area contributed by atoms with Gasteiger partial charge in [-0.3, -0.25) is 0 Å². The van der Waals surface area contributed by atoms with Crippen molar-refractivity contribution in [3.05, 3.63) is 22.8 Å². The summed E-state index contributed by atoms with van der Waals surface area (Å²) in [7, 11) is 0. The number of carbonyl (C=O) groups is 2. The van der Waals surface area contributed by atoms with Crippen LogP contribution in [0.4, 0.5) is 0 Å². The first-order chi connectivity index (χ1) is 10.9. The van der Waals surface area contributed by atoms with Gasteiger partial charge in [0.2, 0.25) is 0 Å². The maximum absolute atomic E-state index is 12.2. The zero-order chi connectivity index (χ0) is 16.4. The summed E-state index contributed by atoms with van der Waals surface area (Å²) in [6, 6.07) is 0. The van der Waals surface area contributed by atoms with Crippen LogP contribution in [0.5, 0.6) is 0 Å². The summed E-state index contributed by atoms with van der Waals surface area (Å²) in [5.74, 6) is -0.320. The van der Waals surface area contributed by atoms with Gasteiger partial charge in [-0.25, -0.2) is 9.59 Å². The average Bonchev–Trinajstić information content (AvgIpc) is 2.87. The first kappa shape index (κ1) is 15.0. The van der Waals surface area contributed by atoms with Gasteiger partial charge < -0.3 is 9.84 Å². The second-order valence-electron chi connectivity index (χ2n) is 8.16. The van der Waals surface area contributed by atoms with Gasteiger partial charge in [-0.15, -0.1) is 0 Å². The standard InChI is InChI=1S/C19H24O4/c1-18-8-6-11-10-23-17(22)15(11)12(18)7-9-19(2)13(16(20)21)4-3-5-14(18)19/h4,12,14H,3,5-10H2,1-2H3,(H,20,21)/t12-,14+,18-,19-/m0/s1. The molecule has 0 bridgehead atoms. The number of cyclic esters (lactones) is 1. The zero-order valence-corrected chi connectivity index (χ0v) is 13.9. The van der Waals surface area contributed by atoms with Crippen molar-refractivity contribution >= 4 is 11.9 Å². The molecule has 0 unspecified atom stereocenters. The van der Waals surface area contributed by atoms with Crippen molar-refractivity contribution in [2.24, 2.45) is 22.7 Å². The van der Waals surface area contributed by atoms with E-state index in [1.54, 1.807) is 0 Å². The van der Waals surface area contributed by atoms with E-state index in [1.807, 2.05) is 6.08 Å². The predicted octanol–water partition coefficient (Wildman–Crippen LogP) is 3.48. The van der Waals surface area contributed by atoms with Crippen LogP contribution in [-0.2, 0) is 14.3 Å². The quantitative estimate of drug-likeness (QED) is 0.752. The Morgan fingerprint density at radius 2 is 2.09 bits per heavy atom. The van der Waals surface area contributed by atoms with Crippen molar-refractivity contribution in [1.29, 1.82) is 0 Å². The van der Waals surface area contributed by atoms with Crippen LogP contribution in [0.15, 0.2) is 22.8 Å². The van der Waals surface area contributed by atoms with Gasteiger partial charge in [0.1, 0.15) is 6.61 Å². The van der Waals surface area contributed by atoms with E-state index in [2.05, 4.69) is 13.8 Å². The van der Waals surface area contributed by atoms with E-state index in [0.717, 1.165) is 44.1 Å². The van der Waals surface area contributed by atoms with Crippen LogP contribution in [0.25, 0.3) is 0 Å². The molecule has 1 saturated carbocycles. The van der Waals surface area contributed by atoms with Gasteiger partial charge in [0.25, 0.3) is 0 Å². The molecule has 3 aliphatic carbocycles. The second-order valence-corrected chi connectivity index (χ2v) is 8.16. The molecule has 0 aromatic carbocycles. The topological polar surface area (TPSA) is 63.6 Å². The summed E-state index contributed by atoms with van der Waals surface area (Å²) in [6.07, 6.45) is 7.49. The Kier molecular flexibility index (Phi) is 3.07. The third-order valence-electron chi connectivity index (χ3n) is 7.26. The number of carboxylic acids is 1. The van der Waals surface area contributed by atoms with Crippen LogP contribution in [0.3, 0.4) is 0 Å². The van der Waals surface area contributed by atoms with Crippen LogP contribution < -0.4 is 0 Å². The average molecular weight is 316 g/mol. The Balaban J connectivity index is 1.78. The number of carboxylic acid groups (broad SMARTS) is 1. The minimum atomic E-state index is -0.768. The molecule has 1 aliphatic heterocycles. The Morgan fingerprint density at radius 1 is 1.30 bits per heavy atom. The maximum atomic E-state index is 12.2. The molecule has 4 nitrogen and oxygen atoms in total. The molecule has 4 heteroatoms. The number of esters is 1. The van der Waals surface area contributed by atoms with Crippen molar-refractivity contribution in [1.82, 2.24) is 0 Å². The van der Waals surface area contributed by atoms with Crippen LogP contribution >= 0.6 is 0 Å². The Labute approximate surface area is 136 Å². The highest BCUT2D eigenvalue weighted by Crippen LogP contribution is 2.65. The Hall–Kier alpha value is -1.58. The lowest BCUT2D eigenvalue weighted by atomic mass is 9.44. The molecule has 0 saturated heterocycles. The van der Waals surface area contributed by atoms with E-state index in [0.29, 0.717) is 18.1 Å².